The summed E-state index contributed by atoms with van der Waals surface area (Å²) in [4.78, 5) is 0. The molecule has 0 aliphatic heterocycles. The van der Waals surface area contributed by atoms with Gasteiger partial charge in [-0.2, -0.15) is 0 Å². The lowest BCUT2D eigenvalue weighted by molar-refractivity contribution is 0.158. The van der Waals surface area contributed by atoms with E-state index in [0.717, 1.165) is 12.0 Å². The number of aliphatic hydroxyl groups is 2. The maximum atomic E-state index is 10.1. The molecule has 1 aromatic rings. The summed E-state index contributed by atoms with van der Waals surface area (Å²) in [5.41, 5.74) is 2.30. The lowest BCUT2D eigenvalue weighted by atomic mass is 9.86. The Bertz CT molecular complexity index is 363. The fraction of sp³-hybridized carbons (Fsp3) is 0.625. The van der Waals surface area contributed by atoms with Gasteiger partial charge in [0.1, 0.15) is 0 Å². The SMILES string of the molecule is CCC(CO)NCC(O)c1ccc(C(C)(C)C)cc1. The number of rotatable bonds is 6. The van der Waals surface area contributed by atoms with E-state index in [2.05, 4.69) is 38.2 Å². The fourth-order valence-corrected chi connectivity index (χ4v) is 1.94. The molecule has 0 heterocycles. The third kappa shape index (κ3) is 4.94. The van der Waals surface area contributed by atoms with Crippen LogP contribution in [0.25, 0.3) is 0 Å². The van der Waals surface area contributed by atoms with Crippen LogP contribution in [0.15, 0.2) is 24.3 Å². The van der Waals surface area contributed by atoms with Gasteiger partial charge in [-0.15, -0.1) is 0 Å². The van der Waals surface area contributed by atoms with Crippen molar-refractivity contribution in [2.24, 2.45) is 0 Å². The maximum Gasteiger partial charge on any atom is 0.0914 e. The maximum absolute atomic E-state index is 10.1. The van der Waals surface area contributed by atoms with Crippen LogP contribution >= 0.6 is 0 Å². The smallest absolute Gasteiger partial charge is 0.0914 e. The summed E-state index contributed by atoms with van der Waals surface area (Å²) in [5, 5.41) is 22.4. The third-order valence-electron chi connectivity index (χ3n) is 3.47. The highest BCUT2D eigenvalue weighted by atomic mass is 16.3. The van der Waals surface area contributed by atoms with Crippen molar-refractivity contribution in [3.63, 3.8) is 0 Å². The van der Waals surface area contributed by atoms with Crippen molar-refractivity contribution in [3.8, 4) is 0 Å². The van der Waals surface area contributed by atoms with E-state index < -0.39 is 6.10 Å². The Kier molecular flexibility index (Phi) is 5.98. The molecule has 19 heavy (non-hydrogen) atoms. The topological polar surface area (TPSA) is 52.5 Å². The van der Waals surface area contributed by atoms with E-state index in [1.54, 1.807) is 0 Å². The summed E-state index contributed by atoms with van der Waals surface area (Å²) in [6.45, 7) is 9.10. The first-order valence-electron chi connectivity index (χ1n) is 7.01. The average Bonchev–Trinajstić information content (AvgIpc) is 2.39. The molecule has 0 aromatic heterocycles. The van der Waals surface area contributed by atoms with Crippen LogP contribution in [0.2, 0.25) is 0 Å². The number of hydrogen-bond acceptors (Lipinski definition) is 3. The summed E-state index contributed by atoms with van der Waals surface area (Å²) in [5.74, 6) is 0. The van der Waals surface area contributed by atoms with Gasteiger partial charge in [0.2, 0.25) is 0 Å². The molecule has 0 fully saturated rings. The molecule has 0 aliphatic carbocycles. The van der Waals surface area contributed by atoms with E-state index in [4.69, 9.17) is 5.11 Å². The van der Waals surface area contributed by atoms with Gasteiger partial charge in [-0.05, 0) is 23.0 Å². The molecule has 2 unspecified atom stereocenters. The predicted octanol–water partition coefficient (Wildman–Crippen LogP) is 2.38. The Labute approximate surface area is 116 Å². The van der Waals surface area contributed by atoms with Crippen molar-refractivity contribution in [2.75, 3.05) is 13.2 Å². The monoisotopic (exact) mass is 265 g/mol. The predicted molar refractivity (Wildman–Crippen MR) is 79.3 cm³/mol. The molecule has 0 spiro atoms. The molecule has 0 saturated carbocycles. The van der Waals surface area contributed by atoms with Gasteiger partial charge in [0.05, 0.1) is 12.7 Å². The van der Waals surface area contributed by atoms with Crippen LogP contribution in [0.5, 0.6) is 0 Å². The average molecular weight is 265 g/mol. The molecule has 0 radical (unpaired) electrons. The molecular weight excluding hydrogens is 238 g/mol. The number of benzene rings is 1. The molecular formula is C16H27NO2. The molecule has 108 valence electrons. The van der Waals surface area contributed by atoms with E-state index in [1.807, 2.05) is 19.1 Å². The number of aliphatic hydroxyl groups excluding tert-OH is 2. The third-order valence-corrected chi connectivity index (χ3v) is 3.47. The Morgan fingerprint density at radius 1 is 1.16 bits per heavy atom. The first kappa shape index (κ1) is 16.2. The van der Waals surface area contributed by atoms with Gasteiger partial charge in [-0.1, -0.05) is 52.0 Å². The summed E-state index contributed by atoms with van der Waals surface area (Å²) >= 11 is 0. The van der Waals surface area contributed by atoms with Crippen molar-refractivity contribution in [2.45, 2.75) is 51.7 Å². The van der Waals surface area contributed by atoms with E-state index in [9.17, 15) is 5.11 Å². The van der Waals surface area contributed by atoms with E-state index in [-0.39, 0.29) is 18.1 Å². The Morgan fingerprint density at radius 3 is 2.16 bits per heavy atom. The molecule has 2 atom stereocenters. The van der Waals surface area contributed by atoms with Crippen LogP contribution in [0.1, 0.15) is 51.3 Å². The van der Waals surface area contributed by atoms with Crippen molar-refractivity contribution in [1.82, 2.24) is 5.32 Å². The van der Waals surface area contributed by atoms with E-state index in [1.165, 1.54) is 5.56 Å². The van der Waals surface area contributed by atoms with Gasteiger partial charge in [-0.3, -0.25) is 0 Å². The van der Waals surface area contributed by atoms with Crippen LogP contribution in [-0.2, 0) is 5.41 Å². The standard InChI is InChI=1S/C16H27NO2/c1-5-14(11-18)17-10-15(19)12-6-8-13(9-7-12)16(2,3)4/h6-9,14-15,17-19H,5,10-11H2,1-4H3. The van der Waals surface area contributed by atoms with Gasteiger partial charge < -0.3 is 15.5 Å². The lowest BCUT2D eigenvalue weighted by Crippen LogP contribution is -2.34. The normalized spacial score (nSPS) is 15.3. The first-order chi connectivity index (χ1) is 8.88. The van der Waals surface area contributed by atoms with Gasteiger partial charge >= 0.3 is 0 Å². The molecule has 1 aromatic carbocycles. The van der Waals surface area contributed by atoms with Crippen LogP contribution in [0.3, 0.4) is 0 Å². The zero-order valence-corrected chi connectivity index (χ0v) is 12.5. The van der Waals surface area contributed by atoms with Crippen molar-refractivity contribution < 1.29 is 10.2 Å². The Hall–Kier alpha value is -0.900. The minimum absolute atomic E-state index is 0.0588. The summed E-state index contributed by atoms with van der Waals surface area (Å²) in [6.07, 6.45) is 0.321. The van der Waals surface area contributed by atoms with Crippen LogP contribution in [0.4, 0.5) is 0 Å². The molecule has 0 amide bonds. The van der Waals surface area contributed by atoms with E-state index in [0.29, 0.717) is 6.54 Å². The van der Waals surface area contributed by atoms with Gasteiger partial charge in [-0.25, -0.2) is 0 Å². The van der Waals surface area contributed by atoms with Crippen LogP contribution in [-0.4, -0.2) is 29.4 Å². The minimum atomic E-state index is -0.533. The highest BCUT2D eigenvalue weighted by Gasteiger charge is 2.15. The molecule has 0 aliphatic rings. The number of nitrogens with one attached hydrogen (secondary N) is 1. The van der Waals surface area contributed by atoms with Crippen LogP contribution in [0, 0.1) is 0 Å². The quantitative estimate of drug-likeness (QED) is 0.740. The van der Waals surface area contributed by atoms with Gasteiger partial charge in [0, 0.05) is 12.6 Å². The molecule has 3 nitrogen and oxygen atoms in total. The Balaban J connectivity index is 2.60. The van der Waals surface area contributed by atoms with E-state index >= 15 is 0 Å². The molecule has 0 bridgehead atoms. The fourth-order valence-electron chi connectivity index (χ4n) is 1.94. The molecule has 3 N–H and O–H groups in total. The molecule has 3 heteroatoms. The van der Waals surface area contributed by atoms with Gasteiger partial charge in [0.25, 0.3) is 0 Å². The van der Waals surface area contributed by atoms with Crippen molar-refractivity contribution in [1.29, 1.82) is 0 Å². The molecule has 0 saturated heterocycles. The second-order valence-corrected chi connectivity index (χ2v) is 6.08. The Morgan fingerprint density at radius 2 is 1.74 bits per heavy atom. The second kappa shape index (κ2) is 7.04. The summed E-state index contributed by atoms with van der Waals surface area (Å²) < 4.78 is 0. The highest BCUT2D eigenvalue weighted by Crippen LogP contribution is 2.23. The number of hydrogen-bond donors (Lipinski definition) is 3. The van der Waals surface area contributed by atoms with Crippen molar-refractivity contribution in [3.05, 3.63) is 35.4 Å². The highest BCUT2D eigenvalue weighted by molar-refractivity contribution is 5.28. The minimum Gasteiger partial charge on any atom is -0.395 e. The summed E-state index contributed by atoms with van der Waals surface area (Å²) in [6, 6.07) is 8.16. The largest absolute Gasteiger partial charge is 0.395 e. The molecule has 1 rings (SSSR count). The van der Waals surface area contributed by atoms with Crippen molar-refractivity contribution >= 4 is 0 Å². The second-order valence-electron chi connectivity index (χ2n) is 6.08. The zero-order valence-electron chi connectivity index (χ0n) is 12.5. The zero-order chi connectivity index (χ0) is 14.5. The van der Waals surface area contributed by atoms with Gasteiger partial charge in [0.15, 0.2) is 0 Å². The summed E-state index contributed by atoms with van der Waals surface area (Å²) in [7, 11) is 0. The lowest BCUT2D eigenvalue weighted by Gasteiger charge is -2.21. The van der Waals surface area contributed by atoms with Crippen LogP contribution < -0.4 is 5.32 Å². The first-order valence-corrected chi connectivity index (χ1v) is 7.01.